The van der Waals surface area contributed by atoms with E-state index in [2.05, 4.69) is 20.3 Å². The van der Waals surface area contributed by atoms with E-state index in [0.717, 1.165) is 24.6 Å². The van der Waals surface area contributed by atoms with Crippen LogP contribution in [-0.4, -0.2) is 69.9 Å². The van der Waals surface area contributed by atoms with Gasteiger partial charge in [0.05, 0.1) is 11.9 Å². The van der Waals surface area contributed by atoms with Gasteiger partial charge in [-0.1, -0.05) is 0 Å². The summed E-state index contributed by atoms with van der Waals surface area (Å²) in [4.78, 5) is 28.5. The Morgan fingerprint density at radius 3 is 3.00 bits per heavy atom. The lowest BCUT2D eigenvalue weighted by atomic mass is 9.92. The van der Waals surface area contributed by atoms with E-state index in [1.165, 1.54) is 6.33 Å². The van der Waals surface area contributed by atoms with Gasteiger partial charge in [-0.3, -0.25) is 4.79 Å². The summed E-state index contributed by atoms with van der Waals surface area (Å²) in [5.41, 5.74) is -0.980. The molecule has 3 rings (SSSR count). The zero-order chi connectivity index (χ0) is 18.6. The predicted molar refractivity (Wildman–Crippen MR) is 98.0 cm³/mol. The quantitative estimate of drug-likeness (QED) is 0.742. The van der Waals surface area contributed by atoms with E-state index in [9.17, 15) is 9.90 Å². The van der Waals surface area contributed by atoms with Crippen molar-refractivity contribution in [2.45, 2.75) is 25.0 Å². The lowest BCUT2D eigenvalue weighted by Gasteiger charge is -2.40. The molecule has 1 saturated heterocycles. The van der Waals surface area contributed by atoms with Crippen LogP contribution < -0.4 is 15.1 Å². The van der Waals surface area contributed by atoms with Crippen LogP contribution in [0.3, 0.4) is 0 Å². The van der Waals surface area contributed by atoms with Gasteiger partial charge in [0.2, 0.25) is 5.91 Å². The van der Waals surface area contributed by atoms with Crippen molar-refractivity contribution in [1.29, 1.82) is 0 Å². The summed E-state index contributed by atoms with van der Waals surface area (Å²) in [6.07, 6.45) is 7.95. The van der Waals surface area contributed by atoms with Crippen LogP contribution in [0.4, 0.5) is 11.6 Å². The maximum Gasteiger partial charge on any atom is 0.240 e. The zero-order valence-corrected chi connectivity index (χ0v) is 15.2. The number of β-amino-alcohol motifs (C(OH)–C–C–N with tert-alkyl or cyclic N) is 1. The van der Waals surface area contributed by atoms with Crippen molar-refractivity contribution in [2.24, 2.45) is 0 Å². The molecule has 2 N–H and O–H groups in total. The molecule has 1 amide bonds. The van der Waals surface area contributed by atoms with Crippen LogP contribution in [0, 0.1) is 0 Å². The number of hydrogen-bond donors (Lipinski definition) is 2. The van der Waals surface area contributed by atoms with Gasteiger partial charge in [0, 0.05) is 52.2 Å². The fraction of sp³-hybridized carbons (Fsp3) is 0.529. The summed E-state index contributed by atoms with van der Waals surface area (Å²) >= 11 is 0. The number of carbonyl (C=O) groups excluding carboxylic acids is 1. The number of anilines is 2. The molecule has 1 atom stereocenters. The summed E-state index contributed by atoms with van der Waals surface area (Å²) in [6, 6.07) is 1.91. The molecular weight excluding hydrogens is 334 g/mol. The number of carbonyl (C=O) groups is 1. The Hall–Kier alpha value is -2.68. The maximum atomic E-state index is 12.1. The van der Waals surface area contributed by atoms with Crippen LogP contribution >= 0.6 is 0 Å². The van der Waals surface area contributed by atoms with Crippen molar-refractivity contribution >= 4 is 17.5 Å². The first kappa shape index (κ1) is 18.1. The van der Waals surface area contributed by atoms with E-state index in [4.69, 9.17) is 0 Å². The average molecular weight is 359 g/mol. The molecule has 9 heteroatoms. The van der Waals surface area contributed by atoms with Crippen molar-refractivity contribution < 1.29 is 9.90 Å². The molecule has 26 heavy (non-hydrogen) atoms. The highest BCUT2D eigenvalue weighted by Gasteiger charge is 2.34. The molecule has 1 aliphatic rings. The van der Waals surface area contributed by atoms with E-state index in [1.807, 2.05) is 30.0 Å². The monoisotopic (exact) mass is 359 g/mol. The molecular formula is C17H25N7O2. The van der Waals surface area contributed by atoms with E-state index in [-0.39, 0.29) is 19.0 Å². The highest BCUT2D eigenvalue weighted by molar-refractivity contribution is 5.75. The second-order valence-corrected chi connectivity index (χ2v) is 6.89. The molecule has 0 aliphatic carbocycles. The molecule has 9 nitrogen and oxygen atoms in total. The van der Waals surface area contributed by atoms with Gasteiger partial charge in [0.25, 0.3) is 0 Å². The summed E-state index contributed by atoms with van der Waals surface area (Å²) in [5, 5.41) is 13.8. The lowest BCUT2D eigenvalue weighted by molar-refractivity contribution is -0.123. The first-order chi connectivity index (χ1) is 12.5. The Bertz CT molecular complexity index is 734. The Kier molecular flexibility index (Phi) is 5.36. The number of imidazole rings is 1. The molecule has 0 spiro atoms. The molecule has 2 aromatic rings. The summed E-state index contributed by atoms with van der Waals surface area (Å²) in [7, 11) is 3.85. The normalized spacial score (nSPS) is 20.0. The minimum Gasteiger partial charge on any atom is -0.386 e. The third kappa shape index (κ3) is 4.48. The number of rotatable bonds is 6. The minimum atomic E-state index is -0.980. The van der Waals surface area contributed by atoms with E-state index >= 15 is 0 Å². The molecule has 2 aromatic heterocycles. The Morgan fingerprint density at radius 1 is 1.42 bits per heavy atom. The van der Waals surface area contributed by atoms with Gasteiger partial charge < -0.3 is 24.8 Å². The van der Waals surface area contributed by atoms with Gasteiger partial charge in [-0.25, -0.2) is 15.0 Å². The van der Waals surface area contributed by atoms with Crippen molar-refractivity contribution in [3.05, 3.63) is 31.1 Å². The highest BCUT2D eigenvalue weighted by atomic mass is 16.3. The van der Waals surface area contributed by atoms with Gasteiger partial charge in [0.1, 0.15) is 24.5 Å². The standard InChI is InChI=1S/C17H25N7O2/c1-22(2)14-8-15(21-12-20-14)24-6-3-4-17(26,11-24)10-19-16(25)9-23-7-5-18-13-23/h5,7-8,12-13,26H,3-4,6,9-11H2,1-2H3,(H,19,25)/t17-/m1/s1. The predicted octanol–water partition coefficient (Wildman–Crippen LogP) is -0.113. The Balaban J connectivity index is 1.59. The molecule has 1 fully saturated rings. The molecule has 3 heterocycles. The molecule has 0 saturated carbocycles. The number of nitrogens with zero attached hydrogens (tertiary/aromatic N) is 6. The number of amides is 1. The molecule has 0 unspecified atom stereocenters. The topological polar surface area (TPSA) is 99.4 Å². The molecule has 0 radical (unpaired) electrons. The SMILES string of the molecule is CN(C)c1cc(N2CCC[C@@](O)(CNC(=O)Cn3ccnc3)C2)ncn1. The van der Waals surface area contributed by atoms with E-state index in [0.29, 0.717) is 13.0 Å². The van der Waals surface area contributed by atoms with Gasteiger partial charge in [0.15, 0.2) is 0 Å². The second-order valence-electron chi connectivity index (χ2n) is 6.89. The number of aliphatic hydroxyl groups is 1. The van der Waals surface area contributed by atoms with Crippen molar-refractivity contribution in [3.8, 4) is 0 Å². The largest absolute Gasteiger partial charge is 0.386 e. The number of piperidine rings is 1. The maximum absolute atomic E-state index is 12.1. The van der Waals surface area contributed by atoms with Crippen molar-refractivity contribution in [1.82, 2.24) is 24.8 Å². The number of aromatic nitrogens is 4. The van der Waals surface area contributed by atoms with Gasteiger partial charge in [-0.2, -0.15) is 0 Å². The van der Waals surface area contributed by atoms with Crippen LogP contribution in [0.1, 0.15) is 12.8 Å². The van der Waals surface area contributed by atoms with Crippen molar-refractivity contribution in [3.63, 3.8) is 0 Å². The summed E-state index contributed by atoms with van der Waals surface area (Å²) < 4.78 is 1.69. The fourth-order valence-electron chi connectivity index (χ4n) is 3.07. The van der Waals surface area contributed by atoms with Gasteiger partial charge in [-0.05, 0) is 12.8 Å². The summed E-state index contributed by atoms with van der Waals surface area (Å²) in [5.74, 6) is 1.45. The Labute approximate surface area is 152 Å². The van der Waals surface area contributed by atoms with E-state index in [1.54, 1.807) is 23.3 Å². The lowest BCUT2D eigenvalue weighted by Crippen LogP contribution is -2.54. The zero-order valence-electron chi connectivity index (χ0n) is 15.2. The minimum absolute atomic E-state index is 0.148. The van der Waals surface area contributed by atoms with Crippen LogP contribution in [0.15, 0.2) is 31.1 Å². The Morgan fingerprint density at radius 2 is 2.27 bits per heavy atom. The first-order valence-corrected chi connectivity index (χ1v) is 8.64. The third-order valence-corrected chi connectivity index (χ3v) is 4.48. The average Bonchev–Trinajstić information content (AvgIpc) is 3.13. The van der Waals surface area contributed by atoms with Crippen LogP contribution in [-0.2, 0) is 11.3 Å². The fourth-order valence-corrected chi connectivity index (χ4v) is 3.07. The second kappa shape index (κ2) is 7.69. The summed E-state index contributed by atoms with van der Waals surface area (Å²) in [6.45, 7) is 1.64. The van der Waals surface area contributed by atoms with Gasteiger partial charge >= 0.3 is 0 Å². The number of nitrogens with one attached hydrogen (secondary N) is 1. The van der Waals surface area contributed by atoms with Crippen LogP contribution in [0.25, 0.3) is 0 Å². The molecule has 1 aliphatic heterocycles. The third-order valence-electron chi connectivity index (χ3n) is 4.48. The van der Waals surface area contributed by atoms with Crippen LogP contribution in [0.2, 0.25) is 0 Å². The molecule has 140 valence electrons. The molecule has 0 aromatic carbocycles. The highest BCUT2D eigenvalue weighted by Crippen LogP contribution is 2.25. The van der Waals surface area contributed by atoms with Crippen LogP contribution in [0.5, 0.6) is 0 Å². The smallest absolute Gasteiger partial charge is 0.240 e. The molecule has 0 bridgehead atoms. The number of hydrogen-bond acceptors (Lipinski definition) is 7. The van der Waals surface area contributed by atoms with Gasteiger partial charge in [-0.15, -0.1) is 0 Å². The first-order valence-electron chi connectivity index (χ1n) is 8.64. The van der Waals surface area contributed by atoms with Crippen molar-refractivity contribution in [2.75, 3.05) is 43.5 Å². The van der Waals surface area contributed by atoms with E-state index < -0.39 is 5.60 Å².